The topological polar surface area (TPSA) is 94.8 Å². The van der Waals surface area contributed by atoms with Crippen molar-refractivity contribution in [3.63, 3.8) is 0 Å². The average Bonchev–Trinajstić information content (AvgIpc) is 2.01. The number of carboxylic acids is 2. The predicted molar refractivity (Wildman–Crippen MR) is 51.0 cm³/mol. The Morgan fingerprint density at radius 3 is 1.64 bits per heavy atom. The van der Waals surface area contributed by atoms with Crippen molar-refractivity contribution in [1.82, 2.24) is 0 Å². The van der Waals surface area contributed by atoms with Crippen molar-refractivity contribution >= 4 is 11.9 Å². The second kappa shape index (κ2) is 9.73. The van der Waals surface area contributed by atoms with E-state index in [-0.39, 0.29) is 6.10 Å². The molecule has 14 heavy (non-hydrogen) atoms. The zero-order valence-electron chi connectivity index (χ0n) is 8.30. The lowest BCUT2D eigenvalue weighted by Gasteiger charge is -1.95. The van der Waals surface area contributed by atoms with Crippen molar-refractivity contribution in [3.05, 3.63) is 12.2 Å². The number of carbonyl (C=O) groups is 2. The minimum absolute atomic E-state index is 0.102. The van der Waals surface area contributed by atoms with Crippen molar-refractivity contribution in [2.75, 3.05) is 0 Å². The minimum Gasteiger partial charge on any atom is -0.478 e. The van der Waals surface area contributed by atoms with Gasteiger partial charge in [0.05, 0.1) is 6.10 Å². The largest absolute Gasteiger partial charge is 0.478 e. The van der Waals surface area contributed by atoms with E-state index in [2.05, 4.69) is 6.92 Å². The normalized spacial score (nSPS) is 11.6. The first-order valence-electron chi connectivity index (χ1n) is 4.22. The highest BCUT2D eigenvalue weighted by Gasteiger charge is 1.88. The SMILES string of the molecule is CCCC(C)O.O=C(O)C=CC(=O)O. The summed E-state index contributed by atoms with van der Waals surface area (Å²) in [4.78, 5) is 19.1. The third kappa shape index (κ3) is 22.4. The first kappa shape index (κ1) is 15.1. The third-order valence-corrected chi connectivity index (χ3v) is 1.07. The van der Waals surface area contributed by atoms with E-state index < -0.39 is 11.9 Å². The fourth-order valence-corrected chi connectivity index (χ4v) is 0.560. The third-order valence-electron chi connectivity index (χ3n) is 1.07. The fraction of sp³-hybridized carbons (Fsp3) is 0.556. The number of hydrogen-bond donors (Lipinski definition) is 3. The molecule has 0 aromatic carbocycles. The van der Waals surface area contributed by atoms with E-state index in [4.69, 9.17) is 15.3 Å². The summed E-state index contributed by atoms with van der Waals surface area (Å²) in [7, 11) is 0. The van der Waals surface area contributed by atoms with Crippen LogP contribution < -0.4 is 0 Å². The molecule has 0 rings (SSSR count). The molecule has 0 bridgehead atoms. The Bertz CT molecular complexity index is 179. The van der Waals surface area contributed by atoms with Crippen molar-refractivity contribution < 1.29 is 24.9 Å². The van der Waals surface area contributed by atoms with Gasteiger partial charge in [0.2, 0.25) is 0 Å². The summed E-state index contributed by atoms with van der Waals surface area (Å²) >= 11 is 0. The molecule has 0 fully saturated rings. The van der Waals surface area contributed by atoms with Gasteiger partial charge in [-0.2, -0.15) is 0 Å². The monoisotopic (exact) mass is 204 g/mol. The summed E-state index contributed by atoms with van der Waals surface area (Å²) in [6, 6.07) is 0. The van der Waals surface area contributed by atoms with Crippen LogP contribution >= 0.6 is 0 Å². The molecule has 0 aliphatic heterocycles. The summed E-state index contributed by atoms with van der Waals surface area (Å²) < 4.78 is 0. The zero-order valence-corrected chi connectivity index (χ0v) is 8.30. The number of carboxylic acid groups (broad SMARTS) is 2. The molecule has 0 saturated carbocycles. The van der Waals surface area contributed by atoms with Crippen LogP contribution in [0.1, 0.15) is 26.7 Å². The van der Waals surface area contributed by atoms with Gasteiger partial charge in [-0.1, -0.05) is 13.3 Å². The second-order valence-corrected chi connectivity index (χ2v) is 2.65. The molecule has 1 atom stereocenters. The molecule has 1 unspecified atom stereocenters. The molecule has 5 nitrogen and oxygen atoms in total. The number of hydrogen-bond acceptors (Lipinski definition) is 3. The van der Waals surface area contributed by atoms with Crippen LogP contribution in [0.15, 0.2) is 12.2 Å². The minimum atomic E-state index is -1.26. The lowest BCUT2D eigenvalue weighted by atomic mass is 10.2. The maximum Gasteiger partial charge on any atom is 0.328 e. The van der Waals surface area contributed by atoms with E-state index >= 15 is 0 Å². The molecule has 0 radical (unpaired) electrons. The van der Waals surface area contributed by atoms with Crippen LogP contribution in [0.4, 0.5) is 0 Å². The smallest absolute Gasteiger partial charge is 0.328 e. The van der Waals surface area contributed by atoms with Gasteiger partial charge < -0.3 is 15.3 Å². The number of aliphatic carboxylic acids is 2. The predicted octanol–water partition coefficient (Wildman–Crippen LogP) is 0.879. The van der Waals surface area contributed by atoms with E-state index in [1.807, 2.05) is 6.92 Å². The molecule has 0 aliphatic rings. The van der Waals surface area contributed by atoms with E-state index in [1.165, 1.54) is 0 Å². The highest BCUT2D eigenvalue weighted by atomic mass is 16.4. The van der Waals surface area contributed by atoms with Crippen molar-refractivity contribution in [3.8, 4) is 0 Å². The molecular formula is C9H16O5. The van der Waals surface area contributed by atoms with Gasteiger partial charge in [-0.15, -0.1) is 0 Å². The summed E-state index contributed by atoms with van der Waals surface area (Å²) in [5.74, 6) is -2.51. The Hall–Kier alpha value is -1.36. The van der Waals surface area contributed by atoms with Crippen LogP contribution in [-0.4, -0.2) is 33.4 Å². The molecule has 0 aromatic heterocycles. The van der Waals surface area contributed by atoms with Crippen molar-refractivity contribution in [1.29, 1.82) is 0 Å². The highest BCUT2D eigenvalue weighted by Crippen LogP contribution is 1.91. The highest BCUT2D eigenvalue weighted by molar-refractivity contribution is 5.89. The average molecular weight is 204 g/mol. The van der Waals surface area contributed by atoms with Crippen molar-refractivity contribution in [2.24, 2.45) is 0 Å². The lowest BCUT2D eigenvalue weighted by molar-refractivity contribution is -0.134. The summed E-state index contributed by atoms with van der Waals surface area (Å²) in [5.41, 5.74) is 0. The molecule has 0 heterocycles. The van der Waals surface area contributed by atoms with Gasteiger partial charge in [0.1, 0.15) is 0 Å². The van der Waals surface area contributed by atoms with E-state index in [0.29, 0.717) is 12.2 Å². The quantitative estimate of drug-likeness (QED) is 0.591. The first-order chi connectivity index (χ1) is 6.40. The van der Waals surface area contributed by atoms with Gasteiger partial charge in [-0.05, 0) is 13.3 Å². The summed E-state index contributed by atoms with van der Waals surface area (Å²) in [6.07, 6.45) is 3.03. The molecule has 0 spiro atoms. The zero-order chi connectivity index (χ0) is 11.6. The van der Waals surface area contributed by atoms with Gasteiger partial charge in [0, 0.05) is 12.2 Å². The standard InChI is InChI=1S/C5H12O.C4H4O4/c1-3-4-5(2)6;5-3(6)1-2-4(7)8/h5-6H,3-4H2,1-2H3;1-2H,(H,5,6)(H,7,8). The Kier molecular flexibility index (Phi) is 10.5. The van der Waals surface area contributed by atoms with Gasteiger partial charge in [0.15, 0.2) is 0 Å². The molecule has 0 amide bonds. The lowest BCUT2D eigenvalue weighted by Crippen LogP contribution is -1.95. The van der Waals surface area contributed by atoms with E-state index in [1.54, 1.807) is 0 Å². The fourth-order valence-electron chi connectivity index (χ4n) is 0.560. The Balaban J connectivity index is 0. The van der Waals surface area contributed by atoms with Gasteiger partial charge in [-0.3, -0.25) is 0 Å². The van der Waals surface area contributed by atoms with Gasteiger partial charge in [0.25, 0.3) is 0 Å². The van der Waals surface area contributed by atoms with Crippen molar-refractivity contribution in [2.45, 2.75) is 32.8 Å². The molecule has 0 aliphatic carbocycles. The molecule has 5 heteroatoms. The Labute approximate surface area is 82.7 Å². The molecule has 82 valence electrons. The van der Waals surface area contributed by atoms with Crippen LogP contribution in [0.3, 0.4) is 0 Å². The number of aliphatic hydroxyl groups excluding tert-OH is 1. The first-order valence-corrected chi connectivity index (χ1v) is 4.22. The maximum absolute atomic E-state index is 9.55. The van der Waals surface area contributed by atoms with E-state index in [9.17, 15) is 9.59 Å². The number of aliphatic hydroxyl groups is 1. The molecule has 0 aromatic rings. The molecule has 3 N–H and O–H groups in total. The molecular weight excluding hydrogens is 188 g/mol. The van der Waals surface area contributed by atoms with Crippen LogP contribution in [0.5, 0.6) is 0 Å². The van der Waals surface area contributed by atoms with Crippen LogP contribution in [0, 0.1) is 0 Å². The Morgan fingerprint density at radius 1 is 1.21 bits per heavy atom. The van der Waals surface area contributed by atoms with E-state index in [0.717, 1.165) is 12.8 Å². The second-order valence-electron chi connectivity index (χ2n) is 2.65. The molecule has 0 saturated heterocycles. The Morgan fingerprint density at radius 2 is 1.57 bits per heavy atom. The van der Waals surface area contributed by atoms with Gasteiger partial charge >= 0.3 is 11.9 Å². The van der Waals surface area contributed by atoms with Crippen LogP contribution in [0.2, 0.25) is 0 Å². The number of rotatable bonds is 4. The van der Waals surface area contributed by atoms with Crippen LogP contribution in [0.25, 0.3) is 0 Å². The maximum atomic E-state index is 9.55. The summed E-state index contributed by atoms with van der Waals surface area (Å²) in [5, 5.41) is 24.2. The summed E-state index contributed by atoms with van der Waals surface area (Å²) in [6.45, 7) is 3.87. The van der Waals surface area contributed by atoms with Crippen LogP contribution in [-0.2, 0) is 9.59 Å². The van der Waals surface area contributed by atoms with Gasteiger partial charge in [-0.25, -0.2) is 9.59 Å².